The highest BCUT2D eigenvalue weighted by Gasteiger charge is 2.02. The predicted molar refractivity (Wildman–Crippen MR) is 52.2 cm³/mol. The Morgan fingerprint density at radius 1 is 1.57 bits per heavy atom. The molecule has 4 heteroatoms. The third-order valence-corrected chi connectivity index (χ3v) is 1.97. The van der Waals surface area contributed by atoms with Gasteiger partial charge < -0.3 is 9.72 Å². The minimum absolute atomic E-state index is 0.450. The smallest absolute Gasteiger partial charge is 0.150 e. The summed E-state index contributed by atoms with van der Waals surface area (Å²) in [6.07, 6.45) is 0.816. The number of aromatic nitrogens is 2. The molecular weight excluding hydrogens is 180 g/mol. The van der Waals surface area contributed by atoms with Gasteiger partial charge in [0.2, 0.25) is 0 Å². The fourth-order valence-electron chi connectivity index (χ4n) is 1.36. The lowest BCUT2D eigenvalue weighted by Crippen LogP contribution is -1.88. The number of methoxy groups -OCH3 is 1. The van der Waals surface area contributed by atoms with Crippen molar-refractivity contribution in [2.45, 2.75) is 6.61 Å². The first-order valence-electron chi connectivity index (χ1n) is 4.26. The fraction of sp³-hybridized carbons (Fsp3) is 0.200. The zero-order chi connectivity index (χ0) is 9.97. The number of imidazole rings is 1. The summed E-state index contributed by atoms with van der Waals surface area (Å²) in [5.41, 5.74) is 2.36. The highest BCUT2D eigenvalue weighted by atomic mass is 16.5. The number of ether oxygens (including phenoxy) is 1. The number of carbonyl (C=O) groups is 1. The maximum atomic E-state index is 10.5. The monoisotopic (exact) mass is 190 g/mol. The summed E-state index contributed by atoms with van der Waals surface area (Å²) in [5, 5.41) is 0. The molecule has 0 saturated carbocycles. The van der Waals surface area contributed by atoms with Crippen LogP contribution < -0.4 is 0 Å². The van der Waals surface area contributed by atoms with E-state index in [0.29, 0.717) is 12.2 Å². The molecule has 1 aromatic carbocycles. The van der Waals surface area contributed by atoms with Crippen molar-refractivity contribution < 1.29 is 9.53 Å². The molecule has 0 unspecified atom stereocenters. The maximum absolute atomic E-state index is 10.5. The van der Waals surface area contributed by atoms with Crippen LogP contribution in [0.5, 0.6) is 0 Å². The number of rotatable bonds is 3. The summed E-state index contributed by atoms with van der Waals surface area (Å²) in [7, 11) is 1.62. The van der Waals surface area contributed by atoms with Crippen LogP contribution in [0.25, 0.3) is 11.0 Å². The Morgan fingerprint density at radius 3 is 3.14 bits per heavy atom. The van der Waals surface area contributed by atoms with Gasteiger partial charge in [0.15, 0.2) is 0 Å². The Bertz CT molecular complexity index is 462. The molecule has 14 heavy (non-hydrogen) atoms. The molecule has 0 aliphatic rings. The molecular formula is C10H10N2O2. The van der Waals surface area contributed by atoms with Gasteiger partial charge in [-0.1, -0.05) is 0 Å². The average molecular weight is 190 g/mol. The first-order valence-corrected chi connectivity index (χ1v) is 4.26. The number of aromatic amines is 1. The van der Waals surface area contributed by atoms with Crippen LogP contribution in [-0.2, 0) is 11.3 Å². The second-order valence-electron chi connectivity index (χ2n) is 3.01. The van der Waals surface area contributed by atoms with Crippen molar-refractivity contribution in [3.8, 4) is 0 Å². The number of hydrogen-bond acceptors (Lipinski definition) is 3. The molecule has 0 spiro atoms. The second-order valence-corrected chi connectivity index (χ2v) is 3.01. The molecule has 2 rings (SSSR count). The van der Waals surface area contributed by atoms with E-state index in [1.807, 2.05) is 6.07 Å². The van der Waals surface area contributed by atoms with Gasteiger partial charge >= 0.3 is 0 Å². The van der Waals surface area contributed by atoms with Crippen molar-refractivity contribution in [3.05, 3.63) is 29.6 Å². The molecule has 2 aromatic rings. The molecule has 0 aliphatic heterocycles. The summed E-state index contributed by atoms with van der Waals surface area (Å²) in [6, 6.07) is 5.33. The molecule has 0 bridgehead atoms. The molecule has 0 atom stereocenters. The Hall–Kier alpha value is -1.68. The number of benzene rings is 1. The third kappa shape index (κ3) is 1.52. The summed E-state index contributed by atoms with van der Waals surface area (Å²) < 4.78 is 4.95. The Labute approximate surface area is 80.9 Å². The van der Waals surface area contributed by atoms with Crippen molar-refractivity contribution in [1.29, 1.82) is 0 Å². The molecule has 1 heterocycles. The van der Waals surface area contributed by atoms with Gasteiger partial charge in [-0.2, -0.15) is 0 Å². The number of nitrogens with zero attached hydrogens (tertiary/aromatic N) is 1. The Balaban J connectivity index is 2.48. The number of hydrogen-bond donors (Lipinski definition) is 1. The van der Waals surface area contributed by atoms with Crippen LogP contribution in [0.1, 0.15) is 16.2 Å². The van der Waals surface area contributed by atoms with E-state index in [-0.39, 0.29) is 0 Å². The molecule has 0 amide bonds. The minimum atomic E-state index is 0.450. The Kier molecular flexibility index (Phi) is 2.28. The molecule has 1 N–H and O–H groups in total. The van der Waals surface area contributed by atoms with Gasteiger partial charge in [0.25, 0.3) is 0 Å². The van der Waals surface area contributed by atoms with E-state index in [2.05, 4.69) is 9.97 Å². The minimum Gasteiger partial charge on any atom is -0.377 e. The zero-order valence-electron chi connectivity index (χ0n) is 7.78. The van der Waals surface area contributed by atoms with Crippen molar-refractivity contribution in [3.63, 3.8) is 0 Å². The fourth-order valence-corrected chi connectivity index (χ4v) is 1.36. The van der Waals surface area contributed by atoms with Crippen LogP contribution in [0.4, 0.5) is 0 Å². The van der Waals surface area contributed by atoms with Gasteiger partial charge in [0.1, 0.15) is 18.7 Å². The number of nitrogens with one attached hydrogen (secondary N) is 1. The molecule has 4 nitrogen and oxygen atoms in total. The predicted octanol–water partition coefficient (Wildman–Crippen LogP) is 1.52. The topological polar surface area (TPSA) is 55.0 Å². The van der Waals surface area contributed by atoms with E-state index >= 15 is 0 Å². The van der Waals surface area contributed by atoms with E-state index in [4.69, 9.17) is 4.74 Å². The van der Waals surface area contributed by atoms with Gasteiger partial charge in [0.05, 0.1) is 11.0 Å². The number of carbonyl (C=O) groups excluding carboxylic acids is 1. The maximum Gasteiger partial charge on any atom is 0.150 e. The highest BCUT2D eigenvalue weighted by Crippen LogP contribution is 2.13. The van der Waals surface area contributed by atoms with Crippen LogP contribution in [0.2, 0.25) is 0 Å². The molecule has 1 aromatic heterocycles. The molecule has 0 radical (unpaired) electrons. The Morgan fingerprint density at radius 2 is 2.43 bits per heavy atom. The van der Waals surface area contributed by atoms with Crippen LogP contribution in [-0.4, -0.2) is 23.4 Å². The summed E-state index contributed by atoms with van der Waals surface area (Å²) >= 11 is 0. The molecule has 0 fully saturated rings. The summed E-state index contributed by atoms with van der Waals surface area (Å²) in [4.78, 5) is 17.9. The van der Waals surface area contributed by atoms with Crippen molar-refractivity contribution in [1.82, 2.24) is 9.97 Å². The van der Waals surface area contributed by atoms with Crippen LogP contribution in [0.15, 0.2) is 18.2 Å². The lowest BCUT2D eigenvalue weighted by atomic mass is 10.2. The van der Waals surface area contributed by atoms with Gasteiger partial charge in [-0.15, -0.1) is 0 Å². The quantitative estimate of drug-likeness (QED) is 0.746. The van der Waals surface area contributed by atoms with Crippen molar-refractivity contribution >= 4 is 17.3 Å². The lowest BCUT2D eigenvalue weighted by molar-refractivity contribution is 0.112. The van der Waals surface area contributed by atoms with Gasteiger partial charge in [0, 0.05) is 12.7 Å². The first kappa shape index (κ1) is 8.90. The van der Waals surface area contributed by atoms with Gasteiger partial charge in [-0.05, 0) is 18.2 Å². The lowest BCUT2D eigenvalue weighted by Gasteiger charge is -1.90. The third-order valence-electron chi connectivity index (χ3n) is 1.97. The summed E-state index contributed by atoms with van der Waals surface area (Å²) in [6.45, 7) is 0.450. The number of fused-ring (bicyclic) bond motifs is 1. The second kappa shape index (κ2) is 3.59. The zero-order valence-corrected chi connectivity index (χ0v) is 7.78. The van der Waals surface area contributed by atoms with E-state index < -0.39 is 0 Å². The molecule has 0 saturated heterocycles. The molecule has 72 valence electrons. The summed E-state index contributed by atoms with van der Waals surface area (Å²) in [5.74, 6) is 0.769. The standard InChI is InChI=1S/C10H10N2O2/c1-14-6-10-11-8-3-2-7(5-13)4-9(8)12-10/h2-5H,6H2,1H3,(H,11,12). The largest absolute Gasteiger partial charge is 0.377 e. The van der Waals surface area contributed by atoms with E-state index in [1.54, 1.807) is 19.2 Å². The average Bonchev–Trinajstić information content (AvgIpc) is 2.59. The van der Waals surface area contributed by atoms with Crippen LogP contribution >= 0.6 is 0 Å². The van der Waals surface area contributed by atoms with Crippen LogP contribution in [0, 0.1) is 0 Å². The van der Waals surface area contributed by atoms with E-state index in [1.165, 1.54) is 0 Å². The highest BCUT2D eigenvalue weighted by molar-refractivity contribution is 5.84. The van der Waals surface area contributed by atoms with Crippen molar-refractivity contribution in [2.24, 2.45) is 0 Å². The van der Waals surface area contributed by atoms with Crippen LogP contribution in [0.3, 0.4) is 0 Å². The first-order chi connectivity index (χ1) is 6.83. The molecule has 0 aliphatic carbocycles. The SMILES string of the molecule is COCc1nc2ccc(C=O)cc2[nH]1. The number of H-pyrrole nitrogens is 1. The van der Waals surface area contributed by atoms with E-state index in [9.17, 15) is 4.79 Å². The van der Waals surface area contributed by atoms with Gasteiger partial charge in [-0.3, -0.25) is 4.79 Å². The number of aldehydes is 1. The van der Waals surface area contributed by atoms with Crippen molar-refractivity contribution in [2.75, 3.05) is 7.11 Å². The normalized spacial score (nSPS) is 10.6. The van der Waals surface area contributed by atoms with E-state index in [0.717, 1.165) is 23.1 Å². The van der Waals surface area contributed by atoms with Gasteiger partial charge in [-0.25, -0.2) is 4.98 Å².